The van der Waals surface area contributed by atoms with Gasteiger partial charge in [-0.1, -0.05) is 13.0 Å². The molecule has 1 aliphatic rings. The van der Waals surface area contributed by atoms with Crippen LogP contribution in [-0.2, 0) is 4.79 Å². The molecule has 0 aromatic rings. The third-order valence-electron chi connectivity index (χ3n) is 2.47. The van der Waals surface area contributed by atoms with Gasteiger partial charge in [0, 0.05) is 12.7 Å². The maximum atomic E-state index is 9.81. The van der Waals surface area contributed by atoms with Crippen molar-refractivity contribution in [3.05, 3.63) is 12.3 Å². The summed E-state index contributed by atoms with van der Waals surface area (Å²) in [5, 5.41) is 0. The van der Waals surface area contributed by atoms with Crippen molar-refractivity contribution in [3.63, 3.8) is 0 Å². The van der Waals surface area contributed by atoms with E-state index in [1.165, 1.54) is 25.5 Å². The van der Waals surface area contributed by atoms with Crippen LogP contribution < -0.4 is 0 Å². The van der Waals surface area contributed by atoms with E-state index in [2.05, 4.69) is 16.8 Å². The molecule has 1 saturated heterocycles. The molecule has 1 atom stereocenters. The number of carbonyl (C=O) groups excluding carboxylic acids is 1. The van der Waals surface area contributed by atoms with Crippen molar-refractivity contribution in [2.75, 3.05) is 19.6 Å². The van der Waals surface area contributed by atoms with Gasteiger partial charge in [0.1, 0.15) is 0 Å². The van der Waals surface area contributed by atoms with Gasteiger partial charge in [-0.25, -0.2) is 4.79 Å². The molecule has 0 radical (unpaired) electrons. The number of nitrogens with zero attached hydrogens (tertiary/aromatic N) is 2. The minimum Gasteiger partial charge on any atom is -0.303 e. The second kappa shape index (κ2) is 5.68. The Morgan fingerprint density at radius 3 is 3.23 bits per heavy atom. The fourth-order valence-corrected chi connectivity index (χ4v) is 1.73. The van der Waals surface area contributed by atoms with Crippen LogP contribution >= 0.6 is 0 Å². The zero-order valence-electron chi connectivity index (χ0n) is 8.07. The number of hydrogen-bond donors (Lipinski definition) is 0. The van der Waals surface area contributed by atoms with Crippen molar-refractivity contribution in [1.29, 1.82) is 0 Å². The van der Waals surface area contributed by atoms with Crippen LogP contribution in [0.25, 0.3) is 0 Å². The molecule has 72 valence electrons. The van der Waals surface area contributed by atoms with Crippen LogP contribution in [0.3, 0.4) is 0 Å². The second-order valence-electron chi connectivity index (χ2n) is 3.36. The van der Waals surface area contributed by atoms with Gasteiger partial charge in [0.05, 0.1) is 0 Å². The number of likely N-dealkylation sites (tertiary alicyclic amines) is 1. The molecule has 3 heteroatoms. The Hall–Kier alpha value is -0.920. The van der Waals surface area contributed by atoms with Gasteiger partial charge in [0.15, 0.2) is 0 Å². The van der Waals surface area contributed by atoms with E-state index < -0.39 is 0 Å². The molecule has 1 rings (SSSR count). The van der Waals surface area contributed by atoms with Gasteiger partial charge in [-0.2, -0.15) is 4.99 Å². The molecule has 0 aromatic heterocycles. The summed E-state index contributed by atoms with van der Waals surface area (Å²) < 4.78 is 0. The van der Waals surface area contributed by atoms with Gasteiger partial charge in [-0.15, -0.1) is 0 Å². The molecule has 0 aromatic carbocycles. The maximum Gasteiger partial charge on any atom is 0.239 e. The summed E-state index contributed by atoms with van der Waals surface area (Å²) >= 11 is 0. The van der Waals surface area contributed by atoms with E-state index in [0.717, 1.165) is 13.1 Å². The Morgan fingerprint density at radius 2 is 2.54 bits per heavy atom. The molecule has 1 fully saturated rings. The molecule has 0 bridgehead atoms. The van der Waals surface area contributed by atoms with Crippen molar-refractivity contribution in [2.24, 2.45) is 10.9 Å². The quantitative estimate of drug-likeness (QED) is 0.488. The minimum absolute atomic E-state index is 0.561. The molecule has 0 saturated carbocycles. The van der Waals surface area contributed by atoms with Crippen LogP contribution in [0.1, 0.15) is 19.8 Å². The number of isocyanates is 1. The summed E-state index contributed by atoms with van der Waals surface area (Å²) in [4.78, 5) is 15.6. The average molecular weight is 180 g/mol. The van der Waals surface area contributed by atoms with Gasteiger partial charge in [-0.3, -0.25) is 0 Å². The summed E-state index contributed by atoms with van der Waals surface area (Å²) in [7, 11) is 0. The highest BCUT2D eigenvalue weighted by Gasteiger charge is 2.15. The first kappa shape index (κ1) is 10.2. The standard InChI is InChI=1S/C10H16N2O/c1-2-12-7-3-4-10(8-12)5-6-11-9-13/h5-6,10H,2-4,7-8H2,1H3/b6-5-. The Morgan fingerprint density at radius 1 is 1.69 bits per heavy atom. The lowest BCUT2D eigenvalue weighted by atomic mass is 9.98. The third kappa shape index (κ3) is 3.53. The molecule has 13 heavy (non-hydrogen) atoms. The Bertz CT molecular complexity index is 219. The van der Waals surface area contributed by atoms with Crippen molar-refractivity contribution >= 4 is 6.08 Å². The molecular weight excluding hydrogens is 164 g/mol. The summed E-state index contributed by atoms with van der Waals surface area (Å²) in [6, 6.07) is 0. The molecule has 0 N–H and O–H groups in total. The molecule has 0 spiro atoms. The Labute approximate surface area is 79.1 Å². The average Bonchev–Trinajstić information content (AvgIpc) is 2.19. The van der Waals surface area contributed by atoms with E-state index in [-0.39, 0.29) is 0 Å². The normalized spacial score (nSPS) is 24.5. The SMILES string of the molecule is CCN1CCCC(/C=C\N=C=O)C1. The van der Waals surface area contributed by atoms with E-state index in [4.69, 9.17) is 0 Å². The topological polar surface area (TPSA) is 32.7 Å². The summed E-state index contributed by atoms with van der Waals surface area (Å²) in [5.41, 5.74) is 0. The van der Waals surface area contributed by atoms with Crippen LogP contribution in [-0.4, -0.2) is 30.6 Å². The number of aliphatic imine (C=N–C) groups is 1. The van der Waals surface area contributed by atoms with Gasteiger partial charge in [0.2, 0.25) is 6.08 Å². The monoisotopic (exact) mass is 180 g/mol. The smallest absolute Gasteiger partial charge is 0.239 e. The molecule has 1 heterocycles. The van der Waals surface area contributed by atoms with Crippen LogP contribution in [0.2, 0.25) is 0 Å². The van der Waals surface area contributed by atoms with Crippen LogP contribution in [0, 0.1) is 5.92 Å². The lowest BCUT2D eigenvalue weighted by Crippen LogP contribution is -2.34. The summed E-state index contributed by atoms with van der Waals surface area (Å²) in [6.45, 7) is 5.59. The maximum absolute atomic E-state index is 9.81. The van der Waals surface area contributed by atoms with E-state index in [1.54, 1.807) is 6.20 Å². The van der Waals surface area contributed by atoms with E-state index >= 15 is 0 Å². The molecule has 3 nitrogen and oxygen atoms in total. The second-order valence-corrected chi connectivity index (χ2v) is 3.36. The van der Waals surface area contributed by atoms with E-state index in [1.807, 2.05) is 6.08 Å². The summed E-state index contributed by atoms with van der Waals surface area (Å²) in [5.74, 6) is 0.561. The first-order valence-corrected chi connectivity index (χ1v) is 4.82. The minimum atomic E-state index is 0.561. The summed E-state index contributed by atoms with van der Waals surface area (Å²) in [6.07, 6.45) is 7.53. The highest BCUT2D eigenvalue weighted by atomic mass is 16.1. The first-order chi connectivity index (χ1) is 6.36. The van der Waals surface area contributed by atoms with Gasteiger partial charge >= 0.3 is 0 Å². The predicted octanol–water partition coefficient (Wildman–Crippen LogP) is 1.57. The Kier molecular flexibility index (Phi) is 4.44. The highest BCUT2D eigenvalue weighted by molar-refractivity contribution is 5.34. The number of hydrogen-bond acceptors (Lipinski definition) is 3. The lowest BCUT2D eigenvalue weighted by molar-refractivity contribution is 0.206. The van der Waals surface area contributed by atoms with Crippen molar-refractivity contribution in [1.82, 2.24) is 4.90 Å². The van der Waals surface area contributed by atoms with E-state index in [9.17, 15) is 4.79 Å². The molecule has 1 aliphatic heterocycles. The largest absolute Gasteiger partial charge is 0.303 e. The number of piperidine rings is 1. The lowest BCUT2D eigenvalue weighted by Gasteiger charge is -2.29. The number of rotatable bonds is 3. The molecule has 0 amide bonds. The zero-order chi connectivity index (χ0) is 9.52. The van der Waals surface area contributed by atoms with Gasteiger partial charge in [0.25, 0.3) is 0 Å². The first-order valence-electron chi connectivity index (χ1n) is 4.82. The van der Waals surface area contributed by atoms with Gasteiger partial charge < -0.3 is 4.90 Å². The van der Waals surface area contributed by atoms with Gasteiger partial charge in [-0.05, 0) is 31.8 Å². The molecular formula is C10H16N2O. The van der Waals surface area contributed by atoms with Crippen LogP contribution in [0.4, 0.5) is 0 Å². The van der Waals surface area contributed by atoms with E-state index in [0.29, 0.717) is 5.92 Å². The fraction of sp³-hybridized carbons (Fsp3) is 0.700. The van der Waals surface area contributed by atoms with Crippen molar-refractivity contribution < 1.29 is 4.79 Å². The van der Waals surface area contributed by atoms with Crippen LogP contribution in [0.15, 0.2) is 17.3 Å². The van der Waals surface area contributed by atoms with Crippen molar-refractivity contribution in [3.8, 4) is 0 Å². The predicted molar refractivity (Wildman–Crippen MR) is 52.1 cm³/mol. The molecule has 0 aliphatic carbocycles. The zero-order valence-corrected chi connectivity index (χ0v) is 8.07. The highest BCUT2D eigenvalue weighted by Crippen LogP contribution is 2.16. The Balaban J connectivity index is 2.37. The fourth-order valence-electron chi connectivity index (χ4n) is 1.73. The third-order valence-corrected chi connectivity index (χ3v) is 2.47. The van der Waals surface area contributed by atoms with Crippen LogP contribution in [0.5, 0.6) is 0 Å². The molecule has 1 unspecified atom stereocenters. The van der Waals surface area contributed by atoms with Crippen molar-refractivity contribution in [2.45, 2.75) is 19.8 Å².